The van der Waals surface area contributed by atoms with Gasteiger partial charge in [-0.15, -0.1) is 0 Å². The molecule has 0 bridgehead atoms. The van der Waals surface area contributed by atoms with E-state index in [-0.39, 0.29) is 5.91 Å². The quantitative estimate of drug-likeness (QED) is 0.711. The molecule has 3 nitrogen and oxygen atoms in total. The first-order valence-corrected chi connectivity index (χ1v) is 7.83. The van der Waals surface area contributed by atoms with Crippen molar-refractivity contribution in [2.75, 3.05) is 26.2 Å². The summed E-state index contributed by atoms with van der Waals surface area (Å²) in [5.41, 5.74) is 0.737. The van der Waals surface area contributed by atoms with E-state index >= 15 is 0 Å². The van der Waals surface area contributed by atoms with Crippen molar-refractivity contribution in [2.45, 2.75) is 39.5 Å². The number of carbonyl (C=O) groups is 1. The molecule has 1 N–H and O–H groups in total. The van der Waals surface area contributed by atoms with Crippen LogP contribution in [0.15, 0.2) is 30.3 Å². The standard InChI is InChI=1S/C17H28N2O/c1-3-5-13-19(14-6-4-2)15-12-18-17(20)16-10-8-7-9-11-16/h7-11H,3-6,12-15H2,1-2H3,(H,18,20). The van der Waals surface area contributed by atoms with Crippen LogP contribution in [0.2, 0.25) is 0 Å². The molecule has 1 rings (SSSR count). The normalized spacial score (nSPS) is 10.8. The first kappa shape index (κ1) is 16.7. The molecular formula is C17H28N2O. The lowest BCUT2D eigenvalue weighted by Gasteiger charge is -2.22. The largest absolute Gasteiger partial charge is 0.351 e. The van der Waals surface area contributed by atoms with E-state index in [1.807, 2.05) is 30.3 Å². The molecular weight excluding hydrogens is 248 g/mol. The molecule has 0 aromatic heterocycles. The molecule has 1 amide bonds. The maximum atomic E-state index is 11.9. The number of unbranched alkanes of at least 4 members (excludes halogenated alkanes) is 2. The Morgan fingerprint density at radius 3 is 2.15 bits per heavy atom. The zero-order valence-electron chi connectivity index (χ0n) is 12.9. The summed E-state index contributed by atoms with van der Waals surface area (Å²) >= 11 is 0. The van der Waals surface area contributed by atoms with Crippen molar-refractivity contribution in [1.29, 1.82) is 0 Å². The minimum absolute atomic E-state index is 0.0246. The number of hydrogen-bond donors (Lipinski definition) is 1. The number of nitrogens with one attached hydrogen (secondary N) is 1. The third-order valence-electron chi connectivity index (χ3n) is 3.41. The lowest BCUT2D eigenvalue weighted by molar-refractivity contribution is 0.0948. The van der Waals surface area contributed by atoms with E-state index < -0.39 is 0 Å². The monoisotopic (exact) mass is 276 g/mol. The zero-order chi connectivity index (χ0) is 14.6. The Kier molecular flexibility index (Phi) is 8.72. The van der Waals surface area contributed by atoms with Crippen LogP contribution in [0.25, 0.3) is 0 Å². The van der Waals surface area contributed by atoms with E-state index in [4.69, 9.17) is 0 Å². The number of hydrogen-bond acceptors (Lipinski definition) is 2. The van der Waals surface area contributed by atoms with Crippen LogP contribution in [0.3, 0.4) is 0 Å². The smallest absolute Gasteiger partial charge is 0.251 e. The molecule has 112 valence electrons. The number of nitrogens with zero attached hydrogens (tertiary/aromatic N) is 1. The highest BCUT2D eigenvalue weighted by Gasteiger charge is 2.06. The maximum Gasteiger partial charge on any atom is 0.251 e. The van der Waals surface area contributed by atoms with E-state index in [9.17, 15) is 4.79 Å². The third-order valence-corrected chi connectivity index (χ3v) is 3.41. The second-order valence-electron chi connectivity index (χ2n) is 5.17. The average molecular weight is 276 g/mol. The number of rotatable bonds is 10. The van der Waals surface area contributed by atoms with Gasteiger partial charge in [0.05, 0.1) is 0 Å². The number of carbonyl (C=O) groups excluding carboxylic acids is 1. The van der Waals surface area contributed by atoms with Crippen molar-refractivity contribution >= 4 is 5.91 Å². The van der Waals surface area contributed by atoms with Crippen LogP contribution in [0.4, 0.5) is 0 Å². The molecule has 20 heavy (non-hydrogen) atoms. The SMILES string of the molecule is CCCCN(CCCC)CCNC(=O)c1ccccc1. The highest BCUT2D eigenvalue weighted by Crippen LogP contribution is 2.00. The van der Waals surface area contributed by atoms with Crippen LogP contribution in [0, 0.1) is 0 Å². The summed E-state index contributed by atoms with van der Waals surface area (Å²) in [4.78, 5) is 14.4. The summed E-state index contributed by atoms with van der Waals surface area (Å²) in [6.45, 7) is 8.37. The summed E-state index contributed by atoms with van der Waals surface area (Å²) in [5, 5.41) is 3.00. The molecule has 0 atom stereocenters. The van der Waals surface area contributed by atoms with Crippen LogP contribution < -0.4 is 5.32 Å². The predicted octanol–water partition coefficient (Wildman–Crippen LogP) is 3.32. The van der Waals surface area contributed by atoms with E-state index in [2.05, 4.69) is 24.1 Å². The second kappa shape index (κ2) is 10.4. The van der Waals surface area contributed by atoms with Gasteiger partial charge < -0.3 is 10.2 Å². The van der Waals surface area contributed by atoms with Crippen molar-refractivity contribution in [3.05, 3.63) is 35.9 Å². The van der Waals surface area contributed by atoms with E-state index in [1.54, 1.807) is 0 Å². The van der Waals surface area contributed by atoms with Gasteiger partial charge in [-0.25, -0.2) is 0 Å². The van der Waals surface area contributed by atoms with Crippen LogP contribution >= 0.6 is 0 Å². The summed E-state index contributed by atoms with van der Waals surface area (Å²) in [5.74, 6) is 0.0246. The fourth-order valence-electron chi connectivity index (χ4n) is 2.12. The summed E-state index contributed by atoms with van der Waals surface area (Å²) < 4.78 is 0. The molecule has 0 spiro atoms. The minimum atomic E-state index is 0.0246. The highest BCUT2D eigenvalue weighted by molar-refractivity contribution is 5.94. The van der Waals surface area contributed by atoms with Gasteiger partial charge in [-0.2, -0.15) is 0 Å². The minimum Gasteiger partial charge on any atom is -0.351 e. The Morgan fingerprint density at radius 2 is 1.60 bits per heavy atom. The molecule has 0 aliphatic carbocycles. The predicted molar refractivity (Wildman–Crippen MR) is 85.0 cm³/mol. The molecule has 0 fully saturated rings. The Morgan fingerprint density at radius 1 is 1.00 bits per heavy atom. The van der Waals surface area contributed by atoms with Crippen molar-refractivity contribution in [3.63, 3.8) is 0 Å². The van der Waals surface area contributed by atoms with Crippen molar-refractivity contribution in [3.8, 4) is 0 Å². The molecule has 3 heteroatoms. The molecule has 0 aliphatic rings. The number of benzene rings is 1. The van der Waals surface area contributed by atoms with Gasteiger partial charge in [-0.1, -0.05) is 44.9 Å². The van der Waals surface area contributed by atoms with Gasteiger partial charge in [0.25, 0.3) is 5.91 Å². The van der Waals surface area contributed by atoms with E-state index in [1.165, 1.54) is 25.7 Å². The molecule has 1 aromatic rings. The first-order chi connectivity index (χ1) is 9.77. The van der Waals surface area contributed by atoms with E-state index in [0.29, 0.717) is 0 Å². The fraction of sp³-hybridized carbons (Fsp3) is 0.588. The van der Waals surface area contributed by atoms with Gasteiger partial charge in [0, 0.05) is 18.7 Å². The maximum absolute atomic E-state index is 11.9. The van der Waals surface area contributed by atoms with Gasteiger partial charge in [-0.3, -0.25) is 4.79 Å². The summed E-state index contributed by atoms with van der Waals surface area (Å²) in [6, 6.07) is 9.41. The highest BCUT2D eigenvalue weighted by atomic mass is 16.1. The second-order valence-corrected chi connectivity index (χ2v) is 5.17. The molecule has 1 aromatic carbocycles. The van der Waals surface area contributed by atoms with E-state index in [0.717, 1.165) is 31.7 Å². The Bertz CT molecular complexity index is 357. The van der Waals surface area contributed by atoms with Gasteiger partial charge in [0.2, 0.25) is 0 Å². The zero-order valence-corrected chi connectivity index (χ0v) is 12.9. The fourth-order valence-corrected chi connectivity index (χ4v) is 2.12. The Hall–Kier alpha value is -1.35. The van der Waals surface area contributed by atoms with Crippen LogP contribution in [0.5, 0.6) is 0 Å². The Labute approximate surface area is 123 Å². The van der Waals surface area contributed by atoms with Crippen molar-refractivity contribution in [1.82, 2.24) is 10.2 Å². The van der Waals surface area contributed by atoms with Crippen molar-refractivity contribution in [2.24, 2.45) is 0 Å². The molecule has 0 saturated carbocycles. The molecule has 0 radical (unpaired) electrons. The van der Waals surface area contributed by atoms with Gasteiger partial charge >= 0.3 is 0 Å². The topological polar surface area (TPSA) is 32.3 Å². The third kappa shape index (κ3) is 6.71. The lowest BCUT2D eigenvalue weighted by atomic mass is 10.2. The van der Waals surface area contributed by atoms with Crippen molar-refractivity contribution < 1.29 is 4.79 Å². The van der Waals surface area contributed by atoms with Gasteiger partial charge in [-0.05, 0) is 38.1 Å². The molecule has 0 unspecified atom stereocenters. The van der Waals surface area contributed by atoms with Crippen LogP contribution in [-0.4, -0.2) is 37.0 Å². The van der Waals surface area contributed by atoms with Crippen LogP contribution in [0.1, 0.15) is 49.9 Å². The van der Waals surface area contributed by atoms with Gasteiger partial charge in [0.15, 0.2) is 0 Å². The van der Waals surface area contributed by atoms with Gasteiger partial charge in [0.1, 0.15) is 0 Å². The number of amides is 1. The van der Waals surface area contributed by atoms with Crippen LogP contribution in [-0.2, 0) is 0 Å². The Balaban J connectivity index is 2.30. The molecule has 0 heterocycles. The first-order valence-electron chi connectivity index (χ1n) is 7.83. The lowest BCUT2D eigenvalue weighted by Crippen LogP contribution is -2.36. The summed E-state index contributed by atoms with van der Waals surface area (Å²) in [7, 11) is 0. The molecule has 0 saturated heterocycles. The summed E-state index contributed by atoms with van der Waals surface area (Å²) in [6.07, 6.45) is 4.91. The molecule has 0 aliphatic heterocycles. The average Bonchev–Trinajstić information content (AvgIpc) is 2.50.